The molecule has 132 valence electrons. The van der Waals surface area contributed by atoms with Crippen LogP contribution in [0, 0.1) is 6.92 Å². The molecule has 0 aliphatic rings. The molecule has 0 spiro atoms. The molecule has 0 atom stereocenters. The second-order valence-electron chi connectivity index (χ2n) is 5.51. The van der Waals surface area contributed by atoms with Crippen molar-refractivity contribution in [3.8, 4) is 0 Å². The first-order chi connectivity index (χ1) is 9.22. The number of benzene rings is 1. The summed E-state index contributed by atoms with van der Waals surface area (Å²) >= 11 is 5.02. The van der Waals surface area contributed by atoms with Crippen LogP contribution in [-0.2, 0) is 4.79 Å². The molecule has 0 aromatic heterocycles. The summed E-state index contributed by atoms with van der Waals surface area (Å²) in [5.74, 6) is 5.06. The van der Waals surface area contributed by atoms with Crippen molar-refractivity contribution in [3.63, 3.8) is 0 Å². The van der Waals surface area contributed by atoms with E-state index in [9.17, 15) is 4.79 Å². The normalized spacial score (nSPS) is 8.48. The van der Waals surface area contributed by atoms with Crippen LogP contribution in [-0.4, -0.2) is 16.3 Å². The van der Waals surface area contributed by atoms with Gasteiger partial charge in [0.25, 0.3) is 0 Å². The Labute approximate surface area is 174 Å². The van der Waals surface area contributed by atoms with E-state index >= 15 is 0 Å². The van der Waals surface area contributed by atoms with Crippen LogP contribution in [0.1, 0.15) is 52.5 Å². The molecule has 1 aromatic carbocycles. The average Bonchev–Trinajstić information content (AvgIpc) is 2.38. The number of hydrogen-bond donors (Lipinski definition) is 2. The molecule has 0 unspecified atom stereocenters. The van der Waals surface area contributed by atoms with E-state index in [0.717, 1.165) is 12.8 Å². The smallest absolute Gasteiger partial charge is 0.870 e. The molecular weight excluding hydrogens is 346 g/mol. The van der Waals surface area contributed by atoms with Gasteiger partial charge in [0.1, 0.15) is 0 Å². The first kappa shape index (κ1) is 34.6. The second kappa shape index (κ2) is 22.4. The maximum atomic E-state index is 9.97. The SMILES string of the molecule is CC(C)(C)NN.CCCCC(=O)Cl.Cc1ccccc1.Cl.[Na+].[OH-]. The van der Waals surface area contributed by atoms with Crippen LogP contribution in [0.2, 0.25) is 0 Å². The van der Waals surface area contributed by atoms with Gasteiger partial charge in [0.2, 0.25) is 5.24 Å². The predicted molar refractivity (Wildman–Crippen MR) is 97.8 cm³/mol. The number of carbonyl (C=O) groups is 1. The summed E-state index contributed by atoms with van der Waals surface area (Å²) in [7, 11) is 0. The molecule has 23 heavy (non-hydrogen) atoms. The molecule has 1 aromatic rings. The Bertz CT molecular complexity index is 348. The van der Waals surface area contributed by atoms with Gasteiger partial charge in [-0.25, -0.2) is 0 Å². The maximum absolute atomic E-state index is 9.97. The summed E-state index contributed by atoms with van der Waals surface area (Å²) in [4.78, 5) is 9.97. The van der Waals surface area contributed by atoms with Gasteiger partial charge < -0.3 is 5.48 Å². The van der Waals surface area contributed by atoms with E-state index in [-0.39, 0.29) is 58.2 Å². The fourth-order valence-corrected chi connectivity index (χ4v) is 0.984. The summed E-state index contributed by atoms with van der Waals surface area (Å²) in [6.45, 7) is 10.1. The Kier molecular flexibility index (Phi) is 33.7. The van der Waals surface area contributed by atoms with Gasteiger partial charge in [-0.05, 0) is 45.7 Å². The van der Waals surface area contributed by atoms with Crippen molar-refractivity contribution < 1.29 is 39.8 Å². The first-order valence-electron chi connectivity index (χ1n) is 6.90. The van der Waals surface area contributed by atoms with E-state index in [2.05, 4.69) is 24.5 Å². The number of nitrogens with one attached hydrogen (secondary N) is 1. The molecule has 0 radical (unpaired) electrons. The third-order valence-corrected chi connectivity index (χ3v) is 2.29. The average molecular weight is 377 g/mol. The number of aryl methyl sites for hydroxylation is 1. The molecule has 1 rings (SSSR count). The van der Waals surface area contributed by atoms with Gasteiger partial charge >= 0.3 is 29.6 Å². The van der Waals surface area contributed by atoms with Gasteiger partial charge in [-0.2, -0.15) is 0 Å². The molecule has 0 aliphatic carbocycles. The molecule has 0 saturated heterocycles. The quantitative estimate of drug-likeness (QED) is 0.361. The molecule has 4 nitrogen and oxygen atoms in total. The zero-order valence-corrected chi connectivity index (χ0v) is 18.8. The van der Waals surface area contributed by atoms with E-state index in [4.69, 9.17) is 17.4 Å². The number of halogens is 2. The van der Waals surface area contributed by atoms with Gasteiger partial charge in [-0.15, -0.1) is 12.4 Å². The van der Waals surface area contributed by atoms with Crippen molar-refractivity contribution in [2.75, 3.05) is 0 Å². The van der Waals surface area contributed by atoms with Gasteiger partial charge in [0, 0.05) is 12.0 Å². The number of hydrazine groups is 1. The fourth-order valence-electron chi connectivity index (χ4n) is 0.850. The summed E-state index contributed by atoms with van der Waals surface area (Å²) in [6, 6.07) is 10.3. The zero-order valence-electron chi connectivity index (χ0n) is 15.2. The van der Waals surface area contributed by atoms with Crippen LogP contribution in [0.3, 0.4) is 0 Å². The molecule has 0 aliphatic heterocycles. The molecule has 0 saturated carbocycles. The van der Waals surface area contributed by atoms with Crippen LogP contribution in [0.5, 0.6) is 0 Å². The first-order valence-corrected chi connectivity index (χ1v) is 7.28. The Morgan fingerprint density at radius 1 is 1.22 bits per heavy atom. The minimum Gasteiger partial charge on any atom is -0.870 e. The Morgan fingerprint density at radius 2 is 1.61 bits per heavy atom. The predicted octanol–water partition coefficient (Wildman–Crippen LogP) is 1.43. The number of unbranched alkanes of at least 4 members (excludes halogenated alkanes) is 1. The minimum absolute atomic E-state index is 0. The maximum Gasteiger partial charge on any atom is 1.00 e. The molecule has 0 bridgehead atoms. The monoisotopic (exact) mass is 376 g/mol. The van der Waals surface area contributed by atoms with Crippen LogP contribution in [0.15, 0.2) is 30.3 Å². The zero-order chi connectivity index (χ0) is 16.0. The summed E-state index contributed by atoms with van der Waals surface area (Å²) in [5.41, 5.74) is 4.00. The Morgan fingerprint density at radius 3 is 1.74 bits per heavy atom. The van der Waals surface area contributed by atoms with Crippen LogP contribution in [0.25, 0.3) is 0 Å². The third kappa shape index (κ3) is 39.3. The van der Waals surface area contributed by atoms with Crippen LogP contribution < -0.4 is 40.8 Å². The number of nitrogens with two attached hydrogens (primary N) is 1. The van der Waals surface area contributed by atoms with Gasteiger partial charge in [0.15, 0.2) is 0 Å². The van der Waals surface area contributed by atoms with Gasteiger partial charge in [-0.3, -0.25) is 16.1 Å². The number of hydrogen-bond acceptors (Lipinski definition) is 4. The molecule has 4 N–H and O–H groups in total. The van der Waals surface area contributed by atoms with E-state index < -0.39 is 0 Å². The third-order valence-electron chi connectivity index (χ3n) is 2.10. The van der Waals surface area contributed by atoms with Crippen molar-refractivity contribution in [2.45, 2.75) is 59.4 Å². The van der Waals surface area contributed by atoms with Crippen molar-refractivity contribution in [1.82, 2.24) is 5.43 Å². The molecule has 0 fully saturated rings. The molecule has 0 heterocycles. The number of rotatable bonds is 3. The number of carbonyl (C=O) groups excluding carboxylic acids is 1. The van der Waals surface area contributed by atoms with Crippen molar-refractivity contribution >= 4 is 29.3 Å². The minimum atomic E-state index is -0.221. The van der Waals surface area contributed by atoms with Crippen LogP contribution >= 0.6 is 24.0 Å². The van der Waals surface area contributed by atoms with E-state index in [1.807, 2.05) is 45.9 Å². The van der Waals surface area contributed by atoms with Gasteiger partial charge in [0.05, 0.1) is 0 Å². The van der Waals surface area contributed by atoms with Gasteiger partial charge in [-0.1, -0.05) is 49.2 Å². The van der Waals surface area contributed by atoms with Crippen molar-refractivity contribution in [3.05, 3.63) is 35.9 Å². The van der Waals surface area contributed by atoms with Crippen molar-refractivity contribution in [1.29, 1.82) is 0 Å². The summed E-state index contributed by atoms with van der Waals surface area (Å²) in [6.07, 6.45) is 2.48. The Balaban J connectivity index is -0.0000000664. The largest absolute Gasteiger partial charge is 1.00 e. The molecule has 7 heteroatoms. The molecule has 0 amide bonds. The van der Waals surface area contributed by atoms with E-state index in [0.29, 0.717) is 6.42 Å². The summed E-state index contributed by atoms with van der Waals surface area (Å²) in [5, 5.41) is -0.221. The summed E-state index contributed by atoms with van der Waals surface area (Å²) < 4.78 is 0. The van der Waals surface area contributed by atoms with Crippen molar-refractivity contribution in [2.24, 2.45) is 5.84 Å². The molecular formula is C16H31Cl2N2NaO2. The standard InChI is InChI=1S/C7H8.C5H9ClO.C4H12N2.ClH.Na.H2O/c1-7-5-3-2-4-6-7;1-2-3-4-5(6)7;1-4(2,3)6-5;;;/h2-6H,1H3;2-4H2,1H3;6H,5H2,1-3H3;1H;;1H2/q;;;;+1;/p-1. The fraction of sp³-hybridized carbons (Fsp3) is 0.562. The second-order valence-corrected chi connectivity index (χ2v) is 5.93. The van der Waals surface area contributed by atoms with E-state index in [1.165, 1.54) is 5.56 Å². The van der Waals surface area contributed by atoms with Crippen LogP contribution in [0.4, 0.5) is 0 Å². The topological polar surface area (TPSA) is 85.1 Å². The Hall–Kier alpha value is 0.350. The van der Waals surface area contributed by atoms with E-state index in [1.54, 1.807) is 0 Å².